The normalized spacial score (nSPS) is 27.0. The van der Waals surface area contributed by atoms with Gasteiger partial charge in [-0.3, -0.25) is 0 Å². The van der Waals surface area contributed by atoms with E-state index in [2.05, 4.69) is 30.0 Å². The molecule has 2 unspecified atom stereocenters. The van der Waals surface area contributed by atoms with Crippen molar-refractivity contribution in [1.82, 2.24) is 0 Å². The molecule has 1 aromatic carbocycles. The molecule has 2 aliphatic rings. The molecule has 2 fully saturated rings. The molecule has 2 N–H and O–H groups in total. The zero-order chi connectivity index (χ0) is 14.7. The molecule has 3 rings (SSSR count). The third kappa shape index (κ3) is 3.89. The van der Waals surface area contributed by atoms with Crippen LogP contribution in [0.3, 0.4) is 0 Å². The highest BCUT2D eigenvalue weighted by Crippen LogP contribution is 2.25. The van der Waals surface area contributed by atoms with E-state index in [0.717, 1.165) is 44.5 Å². The summed E-state index contributed by atoms with van der Waals surface area (Å²) in [4.78, 5) is 2.39. The SMILES string of the molecule is CC1CCC(COc2cccc(N3CCC(N)CC3)c2)O1. The van der Waals surface area contributed by atoms with Crippen LogP contribution in [0, 0.1) is 0 Å². The molecule has 2 atom stereocenters. The fraction of sp³-hybridized carbons (Fsp3) is 0.647. The lowest BCUT2D eigenvalue weighted by molar-refractivity contribution is 0.0265. The summed E-state index contributed by atoms with van der Waals surface area (Å²) in [6, 6.07) is 8.74. The van der Waals surface area contributed by atoms with Crippen molar-refractivity contribution < 1.29 is 9.47 Å². The summed E-state index contributed by atoms with van der Waals surface area (Å²) in [5.41, 5.74) is 7.20. The number of anilines is 1. The summed E-state index contributed by atoms with van der Waals surface area (Å²) in [5.74, 6) is 0.936. The standard InChI is InChI=1S/C17H26N2O2/c1-13-5-6-17(21-13)12-20-16-4-2-3-15(11-16)19-9-7-14(18)8-10-19/h2-4,11,13-14,17H,5-10,12,18H2,1H3. The molecule has 116 valence electrons. The topological polar surface area (TPSA) is 47.7 Å². The van der Waals surface area contributed by atoms with Gasteiger partial charge in [0, 0.05) is 30.9 Å². The first-order valence-electron chi connectivity index (χ1n) is 8.09. The van der Waals surface area contributed by atoms with Crippen LogP contribution in [0.15, 0.2) is 24.3 Å². The molecule has 0 aliphatic carbocycles. The summed E-state index contributed by atoms with van der Waals surface area (Å²) in [7, 11) is 0. The minimum absolute atomic E-state index is 0.247. The van der Waals surface area contributed by atoms with Gasteiger partial charge in [0.25, 0.3) is 0 Å². The van der Waals surface area contributed by atoms with E-state index in [1.165, 1.54) is 5.69 Å². The number of piperidine rings is 1. The number of nitrogens with two attached hydrogens (primary N) is 1. The van der Waals surface area contributed by atoms with E-state index >= 15 is 0 Å². The fourth-order valence-electron chi connectivity index (χ4n) is 3.12. The molecular weight excluding hydrogens is 264 g/mol. The average Bonchev–Trinajstić information content (AvgIpc) is 2.92. The van der Waals surface area contributed by atoms with Gasteiger partial charge in [-0.05, 0) is 44.7 Å². The average molecular weight is 290 g/mol. The van der Waals surface area contributed by atoms with Crippen molar-refractivity contribution in [2.75, 3.05) is 24.6 Å². The molecule has 0 amide bonds. The highest BCUT2D eigenvalue weighted by atomic mass is 16.5. The second-order valence-electron chi connectivity index (χ2n) is 6.28. The fourth-order valence-corrected chi connectivity index (χ4v) is 3.12. The smallest absolute Gasteiger partial charge is 0.121 e. The molecule has 0 aromatic heterocycles. The van der Waals surface area contributed by atoms with Gasteiger partial charge in [-0.1, -0.05) is 6.07 Å². The zero-order valence-corrected chi connectivity index (χ0v) is 12.8. The summed E-state index contributed by atoms with van der Waals surface area (Å²) in [5, 5.41) is 0. The van der Waals surface area contributed by atoms with Gasteiger partial charge in [0.1, 0.15) is 12.4 Å². The molecule has 21 heavy (non-hydrogen) atoms. The third-order valence-corrected chi connectivity index (χ3v) is 4.48. The first-order chi connectivity index (χ1) is 10.2. The Morgan fingerprint density at radius 2 is 2.05 bits per heavy atom. The van der Waals surface area contributed by atoms with Crippen LogP contribution in [0.4, 0.5) is 5.69 Å². The van der Waals surface area contributed by atoms with Crippen LogP contribution >= 0.6 is 0 Å². The van der Waals surface area contributed by atoms with Crippen LogP contribution < -0.4 is 15.4 Å². The lowest BCUT2D eigenvalue weighted by Crippen LogP contribution is -2.39. The van der Waals surface area contributed by atoms with Crippen LogP contribution in [-0.2, 0) is 4.74 Å². The zero-order valence-electron chi connectivity index (χ0n) is 12.8. The molecular formula is C17H26N2O2. The molecule has 2 saturated heterocycles. The minimum Gasteiger partial charge on any atom is -0.491 e. The Labute approximate surface area is 127 Å². The highest BCUT2D eigenvalue weighted by Gasteiger charge is 2.22. The van der Waals surface area contributed by atoms with Gasteiger partial charge in [0.15, 0.2) is 0 Å². The summed E-state index contributed by atoms with van der Waals surface area (Å²) in [6.07, 6.45) is 5.00. The van der Waals surface area contributed by atoms with Crippen molar-refractivity contribution >= 4 is 5.69 Å². The first-order valence-corrected chi connectivity index (χ1v) is 8.09. The van der Waals surface area contributed by atoms with E-state index in [0.29, 0.717) is 18.8 Å². The second-order valence-corrected chi connectivity index (χ2v) is 6.28. The van der Waals surface area contributed by atoms with E-state index in [9.17, 15) is 0 Å². The van der Waals surface area contributed by atoms with Crippen LogP contribution in [-0.4, -0.2) is 37.9 Å². The van der Waals surface area contributed by atoms with Gasteiger partial charge < -0.3 is 20.1 Å². The van der Waals surface area contributed by atoms with Gasteiger partial charge in [-0.25, -0.2) is 0 Å². The number of hydrogen-bond donors (Lipinski definition) is 1. The van der Waals surface area contributed by atoms with Gasteiger partial charge in [0.2, 0.25) is 0 Å². The number of ether oxygens (including phenoxy) is 2. The molecule has 0 radical (unpaired) electrons. The monoisotopic (exact) mass is 290 g/mol. The van der Waals surface area contributed by atoms with Crippen molar-refractivity contribution in [2.24, 2.45) is 5.73 Å². The Kier molecular flexibility index (Phi) is 4.66. The van der Waals surface area contributed by atoms with Crippen LogP contribution in [0.5, 0.6) is 5.75 Å². The Morgan fingerprint density at radius 1 is 1.24 bits per heavy atom. The third-order valence-electron chi connectivity index (χ3n) is 4.48. The van der Waals surface area contributed by atoms with Crippen LogP contribution in [0.1, 0.15) is 32.6 Å². The molecule has 4 heteroatoms. The van der Waals surface area contributed by atoms with Crippen molar-refractivity contribution in [3.8, 4) is 5.75 Å². The van der Waals surface area contributed by atoms with Gasteiger partial charge >= 0.3 is 0 Å². The maximum Gasteiger partial charge on any atom is 0.121 e. The lowest BCUT2D eigenvalue weighted by Gasteiger charge is -2.32. The van der Waals surface area contributed by atoms with Gasteiger partial charge in [-0.15, -0.1) is 0 Å². The van der Waals surface area contributed by atoms with Crippen LogP contribution in [0.2, 0.25) is 0 Å². The molecule has 2 aliphatic heterocycles. The van der Waals surface area contributed by atoms with E-state index in [4.69, 9.17) is 15.2 Å². The quantitative estimate of drug-likeness (QED) is 0.926. The Bertz CT molecular complexity index is 458. The molecule has 2 heterocycles. The second kappa shape index (κ2) is 6.67. The van der Waals surface area contributed by atoms with Gasteiger partial charge in [-0.2, -0.15) is 0 Å². The van der Waals surface area contributed by atoms with Crippen molar-refractivity contribution in [3.05, 3.63) is 24.3 Å². The van der Waals surface area contributed by atoms with Crippen molar-refractivity contribution in [2.45, 2.75) is 50.9 Å². The largest absolute Gasteiger partial charge is 0.491 e. The van der Waals surface area contributed by atoms with Crippen LogP contribution in [0.25, 0.3) is 0 Å². The molecule has 0 spiro atoms. The summed E-state index contributed by atoms with van der Waals surface area (Å²) in [6.45, 7) is 4.85. The maximum absolute atomic E-state index is 5.97. The predicted octanol–water partition coefficient (Wildman–Crippen LogP) is 2.56. The first kappa shape index (κ1) is 14.7. The van der Waals surface area contributed by atoms with Gasteiger partial charge in [0.05, 0.1) is 12.2 Å². The Balaban J connectivity index is 1.55. The lowest BCUT2D eigenvalue weighted by atomic mass is 10.1. The minimum atomic E-state index is 0.247. The van der Waals surface area contributed by atoms with Crippen molar-refractivity contribution in [1.29, 1.82) is 0 Å². The molecule has 0 bridgehead atoms. The molecule has 0 saturated carbocycles. The predicted molar refractivity (Wildman–Crippen MR) is 84.9 cm³/mol. The van der Waals surface area contributed by atoms with E-state index in [1.54, 1.807) is 0 Å². The van der Waals surface area contributed by atoms with E-state index in [-0.39, 0.29) is 6.10 Å². The maximum atomic E-state index is 5.97. The number of nitrogens with zero attached hydrogens (tertiary/aromatic N) is 1. The highest BCUT2D eigenvalue weighted by molar-refractivity contribution is 5.51. The van der Waals surface area contributed by atoms with E-state index in [1.807, 2.05) is 6.07 Å². The summed E-state index contributed by atoms with van der Waals surface area (Å²) < 4.78 is 11.7. The molecule has 1 aromatic rings. The Hall–Kier alpha value is -1.26. The number of rotatable bonds is 4. The number of benzene rings is 1. The Morgan fingerprint density at radius 3 is 2.76 bits per heavy atom. The summed E-state index contributed by atoms with van der Waals surface area (Å²) >= 11 is 0. The van der Waals surface area contributed by atoms with E-state index < -0.39 is 0 Å². The number of hydrogen-bond acceptors (Lipinski definition) is 4. The molecule has 4 nitrogen and oxygen atoms in total. The van der Waals surface area contributed by atoms with Crippen molar-refractivity contribution in [3.63, 3.8) is 0 Å².